The zero-order valence-corrected chi connectivity index (χ0v) is 13.5. The van der Waals surface area contributed by atoms with Gasteiger partial charge in [-0.2, -0.15) is 0 Å². The first kappa shape index (κ1) is 14.4. The van der Waals surface area contributed by atoms with Crippen LogP contribution in [-0.2, 0) is 4.74 Å². The van der Waals surface area contributed by atoms with Crippen LogP contribution in [0.3, 0.4) is 0 Å². The van der Waals surface area contributed by atoms with Crippen LogP contribution in [0.4, 0.5) is 5.82 Å². The van der Waals surface area contributed by atoms with Crippen LogP contribution in [0.1, 0.15) is 11.4 Å². The number of nitrogens with zero attached hydrogens (tertiary/aromatic N) is 3. The lowest BCUT2D eigenvalue weighted by molar-refractivity contribution is 0.122. The Bertz CT molecular complexity index is 823. The van der Waals surface area contributed by atoms with Gasteiger partial charge in [0.2, 0.25) is 0 Å². The van der Waals surface area contributed by atoms with Crippen LogP contribution in [-0.4, -0.2) is 36.3 Å². The van der Waals surface area contributed by atoms with E-state index >= 15 is 0 Å². The van der Waals surface area contributed by atoms with Crippen LogP contribution in [0, 0.1) is 0 Å². The third-order valence-corrected chi connectivity index (χ3v) is 4.74. The molecular formula is C18H17N3OS. The first-order chi connectivity index (χ1) is 11.4. The predicted molar refractivity (Wildman–Crippen MR) is 95.8 cm³/mol. The Morgan fingerprint density at radius 1 is 1.00 bits per heavy atom. The molecule has 3 heterocycles. The summed E-state index contributed by atoms with van der Waals surface area (Å²) in [5, 5.41) is 2.08. The van der Waals surface area contributed by atoms with Crippen LogP contribution in [0.15, 0.2) is 41.8 Å². The summed E-state index contributed by atoms with van der Waals surface area (Å²) >= 11 is 1.70. The molecule has 5 heteroatoms. The predicted octanol–water partition coefficient (Wildman–Crippen LogP) is 3.70. The van der Waals surface area contributed by atoms with Crippen LogP contribution in [0.25, 0.3) is 22.4 Å². The second-order valence-electron chi connectivity index (χ2n) is 5.38. The molecular weight excluding hydrogens is 306 g/mol. The minimum Gasteiger partial charge on any atom is -0.378 e. The highest BCUT2D eigenvalue weighted by atomic mass is 32.1. The van der Waals surface area contributed by atoms with Crippen molar-refractivity contribution in [3.8, 4) is 0 Å². The Kier molecular flexibility index (Phi) is 4.05. The lowest BCUT2D eigenvalue weighted by Crippen LogP contribution is -2.36. The number of aromatic nitrogens is 2. The van der Waals surface area contributed by atoms with E-state index in [0.717, 1.165) is 53.7 Å². The minimum absolute atomic E-state index is 0.751. The Balaban J connectivity index is 1.71. The topological polar surface area (TPSA) is 38.2 Å². The highest BCUT2D eigenvalue weighted by Crippen LogP contribution is 2.29. The van der Waals surface area contributed by atoms with Crippen molar-refractivity contribution in [2.45, 2.75) is 0 Å². The van der Waals surface area contributed by atoms with E-state index < -0.39 is 0 Å². The third kappa shape index (κ3) is 3.11. The van der Waals surface area contributed by atoms with Crippen LogP contribution in [0.2, 0.25) is 0 Å². The van der Waals surface area contributed by atoms with E-state index in [1.807, 2.05) is 24.3 Å². The van der Waals surface area contributed by atoms with Gasteiger partial charge in [-0.15, -0.1) is 11.3 Å². The fraction of sp³-hybridized carbons (Fsp3) is 0.222. The van der Waals surface area contributed by atoms with Crippen LogP contribution in [0.5, 0.6) is 0 Å². The number of morpholine rings is 1. The molecule has 0 N–H and O–H groups in total. The largest absolute Gasteiger partial charge is 0.378 e. The SMILES string of the molecule is C(=C\c1nc(N2CCOCC2)c2sccc2n1)/c1ccccc1. The normalized spacial score (nSPS) is 15.6. The quantitative estimate of drug-likeness (QED) is 0.737. The molecule has 4 rings (SSSR count). The Hall–Kier alpha value is -2.24. The molecule has 1 aliphatic heterocycles. The van der Waals surface area contributed by atoms with Crippen molar-refractivity contribution in [1.29, 1.82) is 0 Å². The molecule has 0 bridgehead atoms. The fourth-order valence-corrected chi connectivity index (χ4v) is 3.51. The molecule has 0 unspecified atom stereocenters. The third-order valence-electron chi connectivity index (χ3n) is 3.84. The summed E-state index contributed by atoms with van der Waals surface area (Å²) in [6, 6.07) is 12.3. The van der Waals surface area contributed by atoms with E-state index in [-0.39, 0.29) is 0 Å². The number of ether oxygens (including phenoxy) is 1. The monoisotopic (exact) mass is 323 g/mol. The van der Waals surface area contributed by atoms with Crippen molar-refractivity contribution in [3.63, 3.8) is 0 Å². The fourth-order valence-electron chi connectivity index (χ4n) is 2.66. The average molecular weight is 323 g/mol. The van der Waals surface area contributed by atoms with E-state index in [2.05, 4.69) is 39.5 Å². The van der Waals surface area contributed by atoms with Crippen molar-refractivity contribution in [2.75, 3.05) is 31.2 Å². The summed E-state index contributed by atoms with van der Waals surface area (Å²) in [5.74, 6) is 1.78. The number of thiophene rings is 1. The van der Waals surface area contributed by atoms with Gasteiger partial charge in [-0.05, 0) is 23.1 Å². The van der Waals surface area contributed by atoms with E-state index in [1.165, 1.54) is 0 Å². The molecule has 0 saturated carbocycles. The van der Waals surface area contributed by atoms with Gasteiger partial charge in [0.25, 0.3) is 0 Å². The van der Waals surface area contributed by atoms with E-state index in [9.17, 15) is 0 Å². The first-order valence-electron chi connectivity index (χ1n) is 7.71. The van der Waals surface area contributed by atoms with Crippen LogP contribution >= 0.6 is 11.3 Å². The molecule has 0 amide bonds. The van der Waals surface area contributed by atoms with E-state index in [4.69, 9.17) is 9.72 Å². The standard InChI is InChI=1S/C18H17N3OS/c1-2-4-14(5-3-1)6-7-16-19-15-8-13-23-17(15)18(20-16)21-9-11-22-12-10-21/h1-8,13H,9-12H2/b7-6+. The molecule has 0 radical (unpaired) electrons. The molecule has 1 aromatic carbocycles. The van der Waals surface area contributed by atoms with Gasteiger partial charge in [-0.1, -0.05) is 36.4 Å². The molecule has 0 atom stereocenters. The van der Waals surface area contributed by atoms with E-state index in [1.54, 1.807) is 11.3 Å². The van der Waals surface area contributed by atoms with Crippen LogP contribution < -0.4 is 4.90 Å². The van der Waals surface area contributed by atoms with Crippen molar-refractivity contribution in [3.05, 3.63) is 53.2 Å². The van der Waals surface area contributed by atoms with Gasteiger partial charge < -0.3 is 9.64 Å². The van der Waals surface area contributed by atoms with Gasteiger partial charge in [0, 0.05) is 13.1 Å². The summed E-state index contributed by atoms with van der Waals surface area (Å²) in [6.45, 7) is 3.27. The Morgan fingerprint density at radius 2 is 1.83 bits per heavy atom. The van der Waals surface area contributed by atoms with Gasteiger partial charge >= 0.3 is 0 Å². The van der Waals surface area contributed by atoms with Gasteiger partial charge in [0.05, 0.1) is 23.4 Å². The minimum atomic E-state index is 0.751. The first-order valence-corrected chi connectivity index (χ1v) is 8.59. The summed E-state index contributed by atoms with van der Waals surface area (Å²) < 4.78 is 6.61. The summed E-state index contributed by atoms with van der Waals surface area (Å²) in [4.78, 5) is 11.8. The lowest BCUT2D eigenvalue weighted by atomic mass is 10.2. The molecule has 0 spiro atoms. The highest BCUT2D eigenvalue weighted by molar-refractivity contribution is 7.17. The van der Waals surface area contributed by atoms with Crippen molar-refractivity contribution in [2.24, 2.45) is 0 Å². The van der Waals surface area contributed by atoms with Gasteiger partial charge in [-0.3, -0.25) is 0 Å². The van der Waals surface area contributed by atoms with E-state index in [0.29, 0.717) is 0 Å². The zero-order valence-electron chi connectivity index (χ0n) is 12.7. The number of benzene rings is 1. The molecule has 0 aliphatic carbocycles. The van der Waals surface area contributed by atoms with Gasteiger partial charge in [-0.25, -0.2) is 9.97 Å². The number of fused-ring (bicyclic) bond motifs is 1. The maximum Gasteiger partial charge on any atom is 0.155 e. The molecule has 116 valence electrons. The molecule has 3 aromatic rings. The maximum absolute atomic E-state index is 5.45. The number of hydrogen-bond acceptors (Lipinski definition) is 5. The lowest BCUT2D eigenvalue weighted by Gasteiger charge is -2.28. The Labute approximate surface area is 139 Å². The summed E-state index contributed by atoms with van der Waals surface area (Å²) in [7, 11) is 0. The molecule has 23 heavy (non-hydrogen) atoms. The summed E-state index contributed by atoms with van der Waals surface area (Å²) in [5.41, 5.74) is 2.16. The van der Waals surface area contributed by atoms with Crippen molar-refractivity contribution in [1.82, 2.24) is 9.97 Å². The second kappa shape index (κ2) is 6.48. The zero-order chi connectivity index (χ0) is 15.5. The number of anilines is 1. The average Bonchev–Trinajstić information content (AvgIpc) is 3.09. The van der Waals surface area contributed by atoms with Crippen molar-refractivity contribution >= 4 is 39.5 Å². The molecule has 1 fully saturated rings. The summed E-state index contributed by atoms with van der Waals surface area (Å²) in [6.07, 6.45) is 4.03. The second-order valence-corrected chi connectivity index (χ2v) is 6.30. The Morgan fingerprint density at radius 3 is 2.65 bits per heavy atom. The van der Waals surface area contributed by atoms with Gasteiger partial charge in [0.1, 0.15) is 0 Å². The highest BCUT2D eigenvalue weighted by Gasteiger charge is 2.17. The van der Waals surface area contributed by atoms with Crippen molar-refractivity contribution < 1.29 is 4.74 Å². The van der Waals surface area contributed by atoms with Gasteiger partial charge in [0.15, 0.2) is 11.6 Å². The molecule has 2 aromatic heterocycles. The number of rotatable bonds is 3. The smallest absolute Gasteiger partial charge is 0.155 e. The molecule has 4 nitrogen and oxygen atoms in total. The number of hydrogen-bond donors (Lipinski definition) is 0. The molecule has 1 aliphatic rings. The molecule has 1 saturated heterocycles. The maximum atomic E-state index is 5.45.